The summed E-state index contributed by atoms with van der Waals surface area (Å²) in [5, 5.41) is 7.88. The number of aromatic nitrogens is 2. The molecule has 0 saturated heterocycles. The van der Waals surface area contributed by atoms with E-state index in [9.17, 15) is 0 Å². The fourth-order valence-electron chi connectivity index (χ4n) is 2.19. The summed E-state index contributed by atoms with van der Waals surface area (Å²) in [5.41, 5.74) is 2.01. The highest BCUT2D eigenvalue weighted by molar-refractivity contribution is 6.31. The van der Waals surface area contributed by atoms with E-state index in [2.05, 4.69) is 20.6 Å². The number of halogens is 2. The molecule has 2 N–H and O–H groups in total. The maximum absolute atomic E-state index is 6.16. The van der Waals surface area contributed by atoms with Gasteiger partial charge in [0.15, 0.2) is 0 Å². The first-order valence-corrected chi connectivity index (χ1v) is 8.25. The van der Waals surface area contributed by atoms with Crippen molar-refractivity contribution in [3.8, 4) is 0 Å². The monoisotopic (exact) mass is 358 g/mol. The standard InChI is InChI=1S/C18H16Cl2N4/c19-15-7-3-1-5-13(15)11-22-17-9-10-21-18(24-17)23-12-14-6-2-4-8-16(14)20/h1-10H,11-12H2,(H2,21,22,23,24). The molecule has 0 amide bonds. The SMILES string of the molecule is Clc1ccccc1CNc1ccnc(NCc2ccccc2Cl)n1. The van der Waals surface area contributed by atoms with Crippen LogP contribution in [-0.4, -0.2) is 9.97 Å². The van der Waals surface area contributed by atoms with E-state index in [-0.39, 0.29) is 0 Å². The summed E-state index contributed by atoms with van der Waals surface area (Å²) in [6.45, 7) is 1.16. The molecule has 0 aliphatic rings. The maximum Gasteiger partial charge on any atom is 0.224 e. The van der Waals surface area contributed by atoms with E-state index in [0.29, 0.717) is 19.0 Å². The molecule has 0 radical (unpaired) electrons. The highest BCUT2D eigenvalue weighted by Crippen LogP contribution is 2.18. The van der Waals surface area contributed by atoms with Crippen molar-refractivity contribution in [2.24, 2.45) is 0 Å². The zero-order valence-corrected chi connectivity index (χ0v) is 14.3. The normalized spacial score (nSPS) is 10.4. The second-order valence-corrected chi connectivity index (χ2v) is 5.97. The molecule has 3 aromatic rings. The summed E-state index contributed by atoms with van der Waals surface area (Å²) >= 11 is 12.3. The van der Waals surface area contributed by atoms with Gasteiger partial charge in [-0.15, -0.1) is 0 Å². The number of nitrogens with one attached hydrogen (secondary N) is 2. The minimum Gasteiger partial charge on any atom is -0.366 e. The first kappa shape index (κ1) is 16.6. The molecule has 1 heterocycles. The predicted octanol–water partition coefficient (Wildman–Crippen LogP) is 5.01. The number of nitrogens with zero attached hydrogens (tertiary/aromatic N) is 2. The van der Waals surface area contributed by atoms with Crippen LogP contribution in [0.4, 0.5) is 11.8 Å². The third kappa shape index (κ3) is 4.37. The molecule has 3 rings (SSSR count). The minimum atomic E-state index is 0.541. The molecule has 2 aromatic carbocycles. The average Bonchev–Trinajstić information content (AvgIpc) is 2.61. The molecule has 6 heteroatoms. The first-order valence-electron chi connectivity index (χ1n) is 7.50. The van der Waals surface area contributed by atoms with Gasteiger partial charge in [-0.25, -0.2) is 4.98 Å². The van der Waals surface area contributed by atoms with E-state index < -0.39 is 0 Å². The summed E-state index contributed by atoms with van der Waals surface area (Å²) in [7, 11) is 0. The summed E-state index contributed by atoms with van der Waals surface area (Å²) < 4.78 is 0. The van der Waals surface area contributed by atoms with Crippen molar-refractivity contribution in [1.29, 1.82) is 0 Å². The van der Waals surface area contributed by atoms with Crippen LogP contribution in [0.2, 0.25) is 10.0 Å². The Labute approximate surface area is 150 Å². The first-order chi connectivity index (χ1) is 11.7. The number of benzene rings is 2. The van der Waals surface area contributed by atoms with Gasteiger partial charge in [0.05, 0.1) is 0 Å². The van der Waals surface area contributed by atoms with E-state index in [1.807, 2.05) is 54.6 Å². The molecule has 0 atom stereocenters. The third-order valence-corrected chi connectivity index (χ3v) is 4.21. The van der Waals surface area contributed by atoms with Crippen molar-refractivity contribution in [3.05, 3.63) is 82.0 Å². The Balaban J connectivity index is 1.62. The Hall–Kier alpha value is -2.30. The summed E-state index contributed by atoms with van der Waals surface area (Å²) in [6, 6.07) is 17.2. The number of rotatable bonds is 6. The van der Waals surface area contributed by atoms with Gasteiger partial charge in [0.2, 0.25) is 5.95 Å². The lowest BCUT2D eigenvalue weighted by atomic mass is 10.2. The van der Waals surface area contributed by atoms with Crippen LogP contribution < -0.4 is 10.6 Å². The predicted molar refractivity (Wildman–Crippen MR) is 99.6 cm³/mol. The van der Waals surface area contributed by atoms with E-state index in [1.165, 1.54) is 0 Å². The van der Waals surface area contributed by atoms with E-state index in [1.54, 1.807) is 6.20 Å². The molecule has 0 bridgehead atoms. The van der Waals surface area contributed by atoms with Gasteiger partial charge >= 0.3 is 0 Å². The lowest BCUT2D eigenvalue weighted by Gasteiger charge is -2.10. The number of anilines is 2. The Bertz CT molecular complexity index is 759. The van der Waals surface area contributed by atoms with Gasteiger partial charge in [-0.1, -0.05) is 59.6 Å². The Morgan fingerprint density at radius 3 is 1.96 bits per heavy atom. The van der Waals surface area contributed by atoms with Crippen molar-refractivity contribution in [1.82, 2.24) is 9.97 Å². The van der Waals surface area contributed by atoms with Crippen LogP contribution in [0.25, 0.3) is 0 Å². The fourth-order valence-corrected chi connectivity index (χ4v) is 2.59. The summed E-state index contributed by atoms with van der Waals surface area (Å²) in [4.78, 5) is 8.67. The Morgan fingerprint density at radius 2 is 1.33 bits per heavy atom. The number of hydrogen-bond acceptors (Lipinski definition) is 4. The minimum absolute atomic E-state index is 0.541. The van der Waals surface area contributed by atoms with E-state index in [4.69, 9.17) is 23.2 Å². The zero-order valence-electron chi connectivity index (χ0n) is 12.8. The fraction of sp³-hybridized carbons (Fsp3) is 0.111. The highest BCUT2D eigenvalue weighted by atomic mass is 35.5. The van der Waals surface area contributed by atoms with Gasteiger partial charge in [-0.2, -0.15) is 4.98 Å². The van der Waals surface area contributed by atoms with Crippen molar-refractivity contribution in [3.63, 3.8) is 0 Å². The molecule has 4 nitrogen and oxygen atoms in total. The molecule has 24 heavy (non-hydrogen) atoms. The molecule has 0 unspecified atom stereocenters. The highest BCUT2D eigenvalue weighted by Gasteiger charge is 2.03. The van der Waals surface area contributed by atoms with Crippen molar-refractivity contribution in [2.45, 2.75) is 13.1 Å². The van der Waals surface area contributed by atoms with Crippen LogP contribution in [0.3, 0.4) is 0 Å². The second-order valence-electron chi connectivity index (χ2n) is 5.16. The van der Waals surface area contributed by atoms with Gasteiger partial charge in [-0.05, 0) is 29.3 Å². The average molecular weight is 359 g/mol. The van der Waals surface area contributed by atoms with Crippen molar-refractivity contribution in [2.75, 3.05) is 10.6 Å². The Morgan fingerprint density at radius 1 is 0.750 bits per heavy atom. The van der Waals surface area contributed by atoms with Gasteiger partial charge in [0.25, 0.3) is 0 Å². The van der Waals surface area contributed by atoms with Gasteiger partial charge in [-0.3, -0.25) is 0 Å². The lowest BCUT2D eigenvalue weighted by Crippen LogP contribution is -2.07. The molecular formula is C18H16Cl2N4. The smallest absolute Gasteiger partial charge is 0.224 e. The van der Waals surface area contributed by atoms with Crippen LogP contribution in [-0.2, 0) is 13.1 Å². The van der Waals surface area contributed by atoms with E-state index >= 15 is 0 Å². The summed E-state index contributed by atoms with van der Waals surface area (Å²) in [5.74, 6) is 1.27. The molecule has 1 aromatic heterocycles. The molecule has 0 fully saturated rings. The van der Waals surface area contributed by atoms with Crippen LogP contribution in [0.5, 0.6) is 0 Å². The van der Waals surface area contributed by atoms with Gasteiger partial charge in [0.1, 0.15) is 5.82 Å². The molecule has 0 aliphatic carbocycles. The summed E-state index contributed by atoms with van der Waals surface area (Å²) in [6.07, 6.45) is 1.71. The van der Waals surface area contributed by atoms with Gasteiger partial charge in [0, 0.05) is 29.3 Å². The molecule has 0 saturated carbocycles. The zero-order chi connectivity index (χ0) is 16.8. The maximum atomic E-state index is 6.16. The van der Waals surface area contributed by atoms with Crippen LogP contribution in [0.1, 0.15) is 11.1 Å². The Kier molecular flexibility index (Phi) is 5.51. The van der Waals surface area contributed by atoms with Crippen LogP contribution in [0, 0.1) is 0 Å². The quantitative estimate of drug-likeness (QED) is 0.650. The molecular weight excluding hydrogens is 343 g/mol. The second kappa shape index (κ2) is 7.99. The van der Waals surface area contributed by atoms with Crippen LogP contribution in [0.15, 0.2) is 60.8 Å². The molecule has 0 aliphatic heterocycles. The topological polar surface area (TPSA) is 49.8 Å². The van der Waals surface area contributed by atoms with Crippen molar-refractivity contribution >= 4 is 35.0 Å². The van der Waals surface area contributed by atoms with E-state index in [0.717, 1.165) is 27.0 Å². The number of hydrogen-bond donors (Lipinski definition) is 2. The van der Waals surface area contributed by atoms with Crippen LogP contribution >= 0.6 is 23.2 Å². The van der Waals surface area contributed by atoms with Crippen molar-refractivity contribution < 1.29 is 0 Å². The van der Waals surface area contributed by atoms with Gasteiger partial charge < -0.3 is 10.6 Å². The molecule has 0 spiro atoms. The largest absolute Gasteiger partial charge is 0.366 e. The third-order valence-electron chi connectivity index (χ3n) is 3.47. The molecule has 122 valence electrons. The lowest BCUT2D eigenvalue weighted by molar-refractivity contribution is 1.03.